The van der Waals surface area contributed by atoms with Gasteiger partial charge in [-0.3, -0.25) is 9.80 Å². The molecule has 2 saturated heterocycles. The Morgan fingerprint density at radius 1 is 0.900 bits per heavy atom. The highest BCUT2D eigenvalue weighted by Gasteiger charge is 2.49. The largest absolute Gasteiger partial charge is 0.379 e. The van der Waals surface area contributed by atoms with E-state index in [1.54, 1.807) is 11.1 Å². The molecule has 4 heteroatoms. The topological polar surface area (TPSA) is 24.9 Å². The van der Waals surface area contributed by atoms with Crippen LogP contribution in [0.15, 0.2) is 42.5 Å². The normalized spacial score (nSPS) is 26.1. The number of hydrogen-bond donors (Lipinski definition) is 0. The van der Waals surface area contributed by atoms with Crippen molar-refractivity contribution in [1.82, 2.24) is 9.80 Å². The summed E-state index contributed by atoms with van der Waals surface area (Å²) >= 11 is 0. The Kier molecular flexibility index (Phi) is 4.91. The van der Waals surface area contributed by atoms with E-state index in [9.17, 15) is 0 Å². The van der Waals surface area contributed by atoms with Crippen LogP contribution < -0.4 is 0 Å². The fraction of sp³-hybridized carbons (Fsp3) is 0.538. The highest BCUT2D eigenvalue weighted by molar-refractivity contribution is 5.78. The van der Waals surface area contributed by atoms with Gasteiger partial charge in [0, 0.05) is 26.2 Å². The summed E-state index contributed by atoms with van der Waals surface area (Å²) in [5, 5.41) is 0. The molecule has 1 atom stereocenters. The average Bonchev–Trinajstić information content (AvgIpc) is 3.43. The lowest BCUT2D eigenvalue weighted by molar-refractivity contribution is -0.0217. The van der Waals surface area contributed by atoms with Gasteiger partial charge in [-0.25, -0.2) is 0 Å². The minimum absolute atomic E-state index is 0.121. The van der Waals surface area contributed by atoms with Crippen molar-refractivity contribution >= 4 is 0 Å². The zero-order valence-electron chi connectivity index (χ0n) is 17.8. The van der Waals surface area contributed by atoms with Crippen molar-refractivity contribution < 1.29 is 9.47 Å². The van der Waals surface area contributed by atoms with Gasteiger partial charge in [0.05, 0.1) is 24.9 Å². The summed E-state index contributed by atoms with van der Waals surface area (Å²) in [7, 11) is 0. The van der Waals surface area contributed by atoms with Gasteiger partial charge in [-0.15, -0.1) is 0 Å². The van der Waals surface area contributed by atoms with E-state index in [1.165, 1.54) is 48.8 Å². The van der Waals surface area contributed by atoms with Crippen molar-refractivity contribution in [3.8, 4) is 11.1 Å². The maximum Gasteiger partial charge on any atom is 0.101 e. The summed E-state index contributed by atoms with van der Waals surface area (Å²) in [4.78, 5) is 5.16. The molecule has 0 amide bonds. The van der Waals surface area contributed by atoms with E-state index in [-0.39, 0.29) is 5.60 Å². The quantitative estimate of drug-likeness (QED) is 0.745. The maximum absolute atomic E-state index is 6.46. The molecule has 4 aliphatic rings. The van der Waals surface area contributed by atoms with E-state index in [1.807, 2.05) is 0 Å². The zero-order chi connectivity index (χ0) is 20.0. The van der Waals surface area contributed by atoms with Crippen LogP contribution in [0.3, 0.4) is 0 Å². The highest BCUT2D eigenvalue weighted by Crippen LogP contribution is 2.55. The van der Waals surface area contributed by atoms with Crippen molar-refractivity contribution in [2.45, 2.75) is 50.3 Å². The molecule has 1 spiro atoms. The summed E-state index contributed by atoms with van der Waals surface area (Å²) in [6.45, 7) is 6.71. The molecule has 2 heterocycles. The van der Waals surface area contributed by atoms with Crippen molar-refractivity contribution in [3.63, 3.8) is 0 Å². The van der Waals surface area contributed by atoms with Crippen LogP contribution in [0.2, 0.25) is 0 Å². The number of morpholine rings is 1. The minimum Gasteiger partial charge on any atom is -0.379 e. The van der Waals surface area contributed by atoms with E-state index in [0.29, 0.717) is 6.04 Å². The molecule has 2 aliphatic carbocycles. The van der Waals surface area contributed by atoms with Gasteiger partial charge in [0.15, 0.2) is 0 Å². The van der Waals surface area contributed by atoms with Crippen molar-refractivity contribution in [2.75, 3.05) is 39.6 Å². The fourth-order valence-electron chi connectivity index (χ4n) is 5.93. The summed E-state index contributed by atoms with van der Waals surface area (Å²) in [6.07, 6.45) is 6.49. The molecule has 1 unspecified atom stereocenters. The summed E-state index contributed by atoms with van der Waals surface area (Å²) in [6, 6.07) is 16.1. The molecule has 1 saturated carbocycles. The molecule has 2 aliphatic heterocycles. The lowest BCUT2D eigenvalue weighted by atomic mass is 9.85. The standard InChI is InChI=1S/C26H32N2O2/c1-3-7-20(8-4-1)22-10-9-21(17-27-13-15-29-16-14-27)23-24(22)25(23)28-18-26(30-19-28)11-5-2-6-12-26/h1,3-4,7-10,25H,2,5-6,11-19H2. The Hall–Kier alpha value is -1.72. The second-order valence-electron chi connectivity index (χ2n) is 9.52. The Morgan fingerprint density at radius 2 is 1.70 bits per heavy atom. The van der Waals surface area contributed by atoms with Crippen molar-refractivity contribution in [3.05, 3.63) is 59.2 Å². The Morgan fingerprint density at radius 3 is 2.50 bits per heavy atom. The second-order valence-corrected chi connectivity index (χ2v) is 9.52. The summed E-state index contributed by atoms with van der Waals surface area (Å²) in [5.41, 5.74) is 7.48. The molecule has 30 heavy (non-hydrogen) atoms. The fourth-order valence-corrected chi connectivity index (χ4v) is 5.93. The van der Waals surface area contributed by atoms with Crippen molar-refractivity contribution in [1.29, 1.82) is 0 Å². The SMILES string of the molecule is c1ccc(-c2ccc(CN3CCOCC3)c3c2C3N2COC3(CCCCC3)C2)cc1. The molecule has 0 N–H and O–H groups in total. The van der Waals surface area contributed by atoms with Crippen LogP contribution in [0.4, 0.5) is 0 Å². The van der Waals surface area contributed by atoms with E-state index >= 15 is 0 Å². The van der Waals surface area contributed by atoms with Gasteiger partial charge in [-0.1, -0.05) is 61.7 Å². The molecule has 3 fully saturated rings. The maximum atomic E-state index is 6.46. The van der Waals surface area contributed by atoms with E-state index in [0.717, 1.165) is 46.1 Å². The van der Waals surface area contributed by atoms with Crippen LogP contribution >= 0.6 is 0 Å². The van der Waals surface area contributed by atoms with Gasteiger partial charge in [0.2, 0.25) is 0 Å². The van der Waals surface area contributed by atoms with Crippen LogP contribution in [-0.4, -0.2) is 55.0 Å². The number of fused-ring (bicyclic) bond motifs is 1. The van der Waals surface area contributed by atoms with Crippen LogP contribution in [0, 0.1) is 0 Å². The number of nitrogens with zero attached hydrogens (tertiary/aromatic N) is 2. The first-order valence-corrected chi connectivity index (χ1v) is 11.7. The first-order valence-electron chi connectivity index (χ1n) is 11.7. The minimum atomic E-state index is 0.121. The highest BCUT2D eigenvalue weighted by atomic mass is 16.5. The predicted octanol–water partition coefficient (Wildman–Crippen LogP) is 4.58. The molecule has 4 nitrogen and oxygen atoms in total. The average molecular weight is 405 g/mol. The van der Waals surface area contributed by atoms with Gasteiger partial charge < -0.3 is 9.47 Å². The van der Waals surface area contributed by atoms with Crippen LogP contribution in [0.25, 0.3) is 11.1 Å². The van der Waals surface area contributed by atoms with Crippen LogP contribution in [0.1, 0.15) is 54.8 Å². The molecular weight excluding hydrogens is 372 g/mol. The monoisotopic (exact) mass is 404 g/mol. The summed E-state index contributed by atoms with van der Waals surface area (Å²) < 4.78 is 12.0. The number of rotatable bonds is 4. The molecule has 158 valence electrons. The Bertz CT molecular complexity index is 901. The second kappa shape index (κ2) is 7.76. The lowest BCUT2D eigenvalue weighted by Gasteiger charge is -2.32. The molecular formula is C26H32N2O2. The summed E-state index contributed by atoms with van der Waals surface area (Å²) in [5.74, 6) is 0. The third kappa shape index (κ3) is 3.40. The molecule has 0 bridgehead atoms. The number of ether oxygens (including phenoxy) is 2. The Balaban J connectivity index is 1.30. The van der Waals surface area contributed by atoms with E-state index < -0.39 is 0 Å². The Labute approximate surface area is 179 Å². The molecule has 2 aromatic rings. The third-order valence-electron chi connectivity index (χ3n) is 7.58. The van der Waals surface area contributed by atoms with Crippen molar-refractivity contribution in [2.24, 2.45) is 0 Å². The van der Waals surface area contributed by atoms with E-state index in [4.69, 9.17) is 9.47 Å². The van der Waals surface area contributed by atoms with E-state index in [2.05, 4.69) is 52.3 Å². The van der Waals surface area contributed by atoms with Gasteiger partial charge in [0.25, 0.3) is 0 Å². The number of hydrogen-bond acceptors (Lipinski definition) is 4. The first kappa shape index (κ1) is 19.0. The van der Waals surface area contributed by atoms with Crippen LogP contribution in [-0.2, 0) is 16.0 Å². The molecule has 0 aromatic heterocycles. The lowest BCUT2D eigenvalue weighted by Crippen LogP contribution is -2.36. The number of benzene rings is 2. The van der Waals surface area contributed by atoms with Gasteiger partial charge in [0.1, 0.15) is 6.73 Å². The van der Waals surface area contributed by atoms with Crippen LogP contribution in [0.5, 0.6) is 0 Å². The predicted molar refractivity (Wildman–Crippen MR) is 118 cm³/mol. The third-order valence-corrected chi connectivity index (χ3v) is 7.58. The molecule has 2 aromatic carbocycles. The van der Waals surface area contributed by atoms with Gasteiger partial charge in [-0.2, -0.15) is 0 Å². The van der Waals surface area contributed by atoms with Gasteiger partial charge in [-0.05, 0) is 40.7 Å². The van der Waals surface area contributed by atoms with Gasteiger partial charge >= 0.3 is 0 Å². The molecule has 0 radical (unpaired) electrons. The smallest absolute Gasteiger partial charge is 0.101 e. The first-order chi connectivity index (χ1) is 14.8. The molecule has 6 rings (SSSR count). The zero-order valence-corrected chi connectivity index (χ0v) is 17.8.